The van der Waals surface area contributed by atoms with Gasteiger partial charge < -0.3 is 23.5 Å². The molecule has 14 heteroatoms. The summed E-state index contributed by atoms with van der Waals surface area (Å²) >= 11 is 0. The van der Waals surface area contributed by atoms with E-state index in [-0.39, 0.29) is 48.4 Å². The Morgan fingerprint density at radius 3 is 2.33 bits per heavy atom. The van der Waals surface area contributed by atoms with Crippen LogP contribution >= 0.6 is 0 Å². The van der Waals surface area contributed by atoms with Gasteiger partial charge in [-0.15, -0.1) is 0 Å². The van der Waals surface area contributed by atoms with Crippen LogP contribution in [0.2, 0.25) is 0 Å². The molecule has 0 radical (unpaired) electrons. The maximum atomic E-state index is 13.8. The highest BCUT2D eigenvalue weighted by molar-refractivity contribution is 7.86. The molecule has 0 aromatic heterocycles. The number of nitrogens with zero attached hydrogens (tertiary/aromatic N) is 4. The number of aromatic hydroxyl groups is 1. The zero-order chi connectivity index (χ0) is 34.7. The van der Waals surface area contributed by atoms with Crippen LogP contribution in [-0.4, -0.2) is 91.9 Å². The van der Waals surface area contributed by atoms with E-state index in [0.29, 0.717) is 45.9 Å². The molecule has 2 bridgehead atoms. The molecule has 5 aliphatic heterocycles. The Hall–Kier alpha value is -4.84. The summed E-state index contributed by atoms with van der Waals surface area (Å²) in [7, 11) is -0.620. The number of imide groups is 1. The lowest BCUT2D eigenvalue weighted by atomic mass is 9.71. The molecule has 254 valence electrons. The first-order valence-corrected chi connectivity index (χ1v) is 17.8. The van der Waals surface area contributed by atoms with Crippen molar-refractivity contribution < 1.29 is 41.5 Å². The Labute approximate surface area is 283 Å². The number of likely N-dealkylation sites (N-methyl/N-ethyl adjacent to an activating group) is 1. The second-order valence-corrected chi connectivity index (χ2v) is 14.9. The van der Waals surface area contributed by atoms with Gasteiger partial charge in [0.05, 0.1) is 42.6 Å². The first-order valence-electron chi connectivity index (χ1n) is 15.9. The molecule has 49 heavy (non-hydrogen) atoms. The van der Waals surface area contributed by atoms with Gasteiger partial charge in [0, 0.05) is 40.9 Å². The summed E-state index contributed by atoms with van der Waals surface area (Å²) in [4.78, 5) is 32.9. The van der Waals surface area contributed by atoms with Crippen molar-refractivity contribution in [3.63, 3.8) is 0 Å². The summed E-state index contributed by atoms with van der Waals surface area (Å²) in [6.07, 6.45) is 1.59. The van der Waals surface area contributed by atoms with Crippen LogP contribution in [0.3, 0.4) is 0 Å². The number of rotatable bonds is 5. The predicted molar refractivity (Wildman–Crippen MR) is 173 cm³/mol. The monoisotopic (exact) mass is 686 g/mol. The van der Waals surface area contributed by atoms with Gasteiger partial charge >= 0.3 is 10.1 Å². The molecule has 3 aromatic carbocycles. The van der Waals surface area contributed by atoms with Crippen LogP contribution in [0.4, 0.5) is 0 Å². The lowest BCUT2D eigenvalue weighted by molar-refractivity contribution is -0.0757. The predicted octanol–water partition coefficient (Wildman–Crippen LogP) is 3.15. The van der Waals surface area contributed by atoms with E-state index in [1.54, 1.807) is 31.2 Å². The van der Waals surface area contributed by atoms with Crippen molar-refractivity contribution in [2.24, 2.45) is 0 Å². The van der Waals surface area contributed by atoms with Crippen molar-refractivity contribution in [1.29, 1.82) is 5.26 Å². The third-order valence-electron chi connectivity index (χ3n) is 10.7. The molecule has 8 rings (SSSR count). The van der Waals surface area contributed by atoms with E-state index in [2.05, 4.69) is 11.0 Å². The molecule has 2 amide bonds. The molecule has 1 fully saturated rings. The quantitative estimate of drug-likeness (QED) is 0.309. The second-order valence-electron chi connectivity index (χ2n) is 13.3. The maximum Gasteiger partial charge on any atom is 0.306 e. The van der Waals surface area contributed by atoms with Crippen molar-refractivity contribution in [2.75, 3.05) is 33.8 Å². The summed E-state index contributed by atoms with van der Waals surface area (Å²) in [6.45, 7) is 3.25. The molecular formula is C35H34N4O9S. The second kappa shape index (κ2) is 10.8. The topological polar surface area (TPSA) is 159 Å². The smallest absolute Gasteiger partial charge is 0.306 e. The average Bonchev–Trinajstić information content (AvgIpc) is 3.63. The summed E-state index contributed by atoms with van der Waals surface area (Å²) in [5, 5.41) is 22.6. The number of carbonyl (C=O) groups excluding carboxylic acids is 2. The SMILES string of the molecule is COc1c(C)cc2c(c1O)[C@H]1[C@@H]3Cc4c(OS(C)(=O)=O)c(C)c5c(c4[C@H](CN4C(=O)c6ccccc6C4=O)N3[C@@H](C#N)[C@H](C2)N1C)OCO5. The molecule has 0 aliphatic carbocycles. The van der Waals surface area contributed by atoms with Crippen LogP contribution in [0, 0.1) is 25.2 Å². The summed E-state index contributed by atoms with van der Waals surface area (Å²) in [6, 6.07) is 8.16. The number of nitriles is 1. The van der Waals surface area contributed by atoms with E-state index in [9.17, 15) is 28.4 Å². The minimum atomic E-state index is -4.03. The number of carbonyl (C=O) groups is 2. The highest BCUT2D eigenvalue weighted by atomic mass is 32.2. The summed E-state index contributed by atoms with van der Waals surface area (Å²) < 4.78 is 48.7. The Morgan fingerprint density at radius 1 is 1.02 bits per heavy atom. The molecule has 1 N–H and O–H groups in total. The minimum absolute atomic E-state index is 0.000305. The van der Waals surface area contributed by atoms with Gasteiger partial charge in [0.25, 0.3) is 11.8 Å². The Morgan fingerprint density at radius 2 is 1.69 bits per heavy atom. The molecule has 0 saturated carbocycles. The first kappa shape index (κ1) is 31.4. The molecule has 5 heterocycles. The third-order valence-corrected chi connectivity index (χ3v) is 11.2. The van der Waals surface area contributed by atoms with Gasteiger partial charge in [0.1, 0.15) is 6.04 Å². The van der Waals surface area contributed by atoms with Crippen LogP contribution in [0.15, 0.2) is 30.3 Å². The number of phenols is 1. The fraction of sp³-hybridized carbons (Fsp3) is 0.400. The number of amides is 2. The molecule has 5 atom stereocenters. The van der Waals surface area contributed by atoms with E-state index in [0.717, 1.165) is 17.4 Å². The first-order chi connectivity index (χ1) is 23.4. The van der Waals surface area contributed by atoms with Crippen molar-refractivity contribution in [3.05, 3.63) is 74.8 Å². The van der Waals surface area contributed by atoms with E-state index >= 15 is 0 Å². The number of hydrogen-bond donors (Lipinski definition) is 1. The van der Waals surface area contributed by atoms with Gasteiger partial charge in [-0.2, -0.15) is 13.7 Å². The van der Waals surface area contributed by atoms with Crippen molar-refractivity contribution >= 4 is 21.9 Å². The van der Waals surface area contributed by atoms with E-state index < -0.39 is 46.1 Å². The van der Waals surface area contributed by atoms with Gasteiger partial charge in [0.15, 0.2) is 28.7 Å². The number of phenolic OH excluding ortho intramolecular Hbond substituents is 1. The normalized spacial score (nSPS) is 25.3. The van der Waals surface area contributed by atoms with E-state index in [1.807, 2.05) is 24.9 Å². The number of methoxy groups -OCH3 is 1. The number of piperazine rings is 1. The minimum Gasteiger partial charge on any atom is -0.504 e. The fourth-order valence-corrected chi connectivity index (χ4v) is 9.38. The highest BCUT2D eigenvalue weighted by Crippen LogP contribution is 2.58. The lowest BCUT2D eigenvalue weighted by Gasteiger charge is -2.60. The number of fused-ring (bicyclic) bond motifs is 10. The van der Waals surface area contributed by atoms with Gasteiger partial charge in [-0.1, -0.05) is 18.2 Å². The Bertz CT molecular complexity index is 2110. The fourth-order valence-electron chi connectivity index (χ4n) is 8.85. The zero-order valence-electron chi connectivity index (χ0n) is 27.5. The molecule has 13 nitrogen and oxygen atoms in total. The number of aryl methyl sites for hydroxylation is 1. The molecule has 3 aromatic rings. The lowest BCUT2D eigenvalue weighted by Crippen LogP contribution is -2.68. The van der Waals surface area contributed by atoms with E-state index in [1.165, 1.54) is 12.0 Å². The third kappa shape index (κ3) is 4.38. The molecule has 0 unspecified atom stereocenters. The Kier molecular flexibility index (Phi) is 6.95. The number of ether oxygens (including phenoxy) is 3. The molecule has 5 aliphatic rings. The van der Waals surface area contributed by atoms with Crippen LogP contribution in [-0.2, 0) is 23.0 Å². The van der Waals surface area contributed by atoms with Crippen molar-refractivity contribution in [1.82, 2.24) is 14.7 Å². The Balaban J connectivity index is 1.39. The average molecular weight is 687 g/mol. The van der Waals surface area contributed by atoms with Crippen LogP contribution in [0.25, 0.3) is 0 Å². The largest absolute Gasteiger partial charge is 0.504 e. The molecule has 0 spiro atoms. The van der Waals surface area contributed by atoms with Gasteiger partial charge in [-0.25, -0.2) is 0 Å². The maximum absolute atomic E-state index is 13.8. The highest BCUT2D eigenvalue weighted by Gasteiger charge is 2.57. The molecule has 1 saturated heterocycles. The van der Waals surface area contributed by atoms with Gasteiger partial charge in [0.2, 0.25) is 6.79 Å². The molecular weight excluding hydrogens is 652 g/mol. The van der Waals surface area contributed by atoms with Crippen molar-refractivity contribution in [2.45, 2.75) is 56.9 Å². The number of hydrogen-bond acceptors (Lipinski definition) is 12. The van der Waals surface area contributed by atoms with Gasteiger partial charge in [-0.3, -0.25) is 24.3 Å². The zero-order valence-corrected chi connectivity index (χ0v) is 28.3. The van der Waals surface area contributed by atoms with Crippen LogP contribution in [0.5, 0.6) is 28.7 Å². The number of benzene rings is 3. The standard InChI is InChI=1S/C35H34N4O9S/c1-16-10-18-11-22-24(13-36)39-23(28(37(22)3)26(18)29(40)30(16)45-4)12-21-27(33-32(46-15-47-33)17(2)31(21)48-49(5,43)44)25(39)14-38-34(41)19-8-6-7-9-20(19)35(38)42/h6-10,22-25,28,40H,11-12,14-15H2,1-5H3/t22-,23-,24-,25-,28+/m0/s1. The van der Waals surface area contributed by atoms with Crippen LogP contribution < -0.4 is 18.4 Å². The van der Waals surface area contributed by atoms with Gasteiger partial charge in [-0.05, 0) is 57.0 Å². The van der Waals surface area contributed by atoms with E-state index in [4.69, 9.17) is 18.4 Å². The summed E-state index contributed by atoms with van der Waals surface area (Å²) in [5.74, 6) is 0.143. The van der Waals surface area contributed by atoms with Crippen molar-refractivity contribution in [3.8, 4) is 34.8 Å². The summed E-state index contributed by atoms with van der Waals surface area (Å²) in [5.41, 5.74) is 4.29. The van der Waals surface area contributed by atoms with Crippen LogP contribution in [0.1, 0.15) is 66.2 Å².